The van der Waals surface area contributed by atoms with Crippen LogP contribution in [0.3, 0.4) is 0 Å². The zero-order valence-corrected chi connectivity index (χ0v) is 11.2. The topological polar surface area (TPSA) is 102 Å². The number of nitrogens with zero attached hydrogens (tertiary/aromatic N) is 1. The molecule has 0 amide bonds. The van der Waals surface area contributed by atoms with Crippen LogP contribution in [-0.2, 0) is 20.8 Å². The summed E-state index contributed by atoms with van der Waals surface area (Å²) in [6, 6.07) is 2.58. The van der Waals surface area contributed by atoms with Gasteiger partial charge in [0.05, 0.1) is 5.69 Å². The van der Waals surface area contributed by atoms with E-state index in [4.69, 9.17) is 5.73 Å². The van der Waals surface area contributed by atoms with E-state index < -0.39 is 26.9 Å². The summed E-state index contributed by atoms with van der Waals surface area (Å²) in [4.78, 5) is 3.73. The van der Waals surface area contributed by atoms with E-state index in [1.807, 2.05) is 0 Å². The van der Waals surface area contributed by atoms with Crippen molar-refractivity contribution in [3.05, 3.63) is 18.3 Å². The summed E-state index contributed by atoms with van der Waals surface area (Å²) in [5.74, 6) is 0.242. The number of nitrogens with one attached hydrogen (secondary N) is 1. The van der Waals surface area contributed by atoms with Crippen LogP contribution < -0.4 is 10.5 Å². The van der Waals surface area contributed by atoms with Gasteiger partial charge >= 0.3 is 0 Å². The monoisotopic (exact) mass is 277 g/mol. The molecule has 0 aromatic carbocycles. The first-order chi connectivity index (χ1) is 7.83. The van der Waals surface area contributed by atoms with Gasteiger partial charge in [-0.05, 0) is 19.1 Å². The van der Waals surface area contributed by atoms with Crippen LogP contribution in [0.5, 0.6) is 0 Å². The quantitative estimate of drug-likeness (QED) is 0.770. The molecule has 2 atom stereocenters. The molecule has 96 valence electrons. The fourth-order valence-corrected chi connectivity index (χ4v) is 3.53. The zero-order valence-electron chi connectivity index (χ0n) is 9.58. The van der Waals surface area contributed by atoms with E-state index in [-0.39, 0.29) is 16.5 Å². The smallest absolute Gasteiger partial charge is 0.260 e. The largest absolute Gasteiger partial charge is 0.396 e. The van der Waals surface area contributed by atoms with Gasteiger partial charge in [-0.3, -0.25) is 4.21 Å². The second kappa shape index (κ2) is 5.56. The molecule has 0 radical (unpaired) electrons. The molecule has 1 aromatic heterocycles. The lowest BCUT2D eigenvalue weighted by molar-refractivity contribution is 0.567. The number of sulfonamides is 1. The molecule has 1 rings (SSSR count). The van der Waals surface area contributed by atoms with Crippen LogP contribution in [0.1, 0.15) is 6.92 Å². The van der Waals surface area contributed by atoms with E-state index >= 15 is 0 Å². The number of anilines is 1. The van der Waals surface area contributed by atoms with Crippen molar-refractivity contribution in [3.63, 3.8) is 0 Å². The lowest BCUT2D eigenvalue weighted by Gasteiger charge is -2.13. The SMILES string of the molecule is CC(CS(C)=O)NS(=O)(=O)c1ncccc1N. The maximum Gasteiger partial charge on any atom is 0.260 e. The standard InChI is InChI=1S/C9H15N3O3S2/c1-7(6-16(2)13)12-17(14,15)9-8(10)4-3-5-11-9/h3-5,7,12H,6,10H2,1-2H3. The van der Waals surface area contributed by atoms with Crippen molar-refractivity contribution in [2.75, 3.05) is 17.7 Å². The summed E-state index contributed by atoms with van der Waals surface area (Å²) in [5, 5.41) is -0.200. The van der Waals surface area contributed by atoms with Gasteiger partial charge in [0.25, 0.3) is 10.0 Å². The molecular formula is C9H15N3O3S2. The molecule has 0 aliphatic carbocycles. The number of hydrogen-bond acceptors (Lipinski definition) is 5. The predicted octanol–water partition coefficient (Wildman–Crippen LogP) is -0.291. The Morgan fingerprint density at radius 3 is 2.76 bits per heavy atom. The number of nitrogens with two attached hydrogens (primary N) is 1. The summed E-state index contributed by atoms with van der Waals surface area (Å²) in [5.41, 5.74) is 5.63. The van der Waals surface area contributed by atoms with Crippen molar-refractivity contribution in [2.45, 2.75) is 18.0 Å². The Morgan fingerprint density at radius 2 is 2.24 bits per heavy atom. The maximum absolute atomic E-state index is 11.9. The highest BCUT2D eigenvalue weighted by Gasteiger charge is 2.21. The minimum absolute atomic E-state index is 0.0878. The molecule has 8 heteroatoms. The zero-order chi connectivity index (χ0) is 13.1. The summed E-state index contributed by atoms with van der Waals surface area (Å²) >= 11 is 0. The van der Waals surface area contributed by atoms with Crippen LogP contribution in [0.25, 0.3) is 0 Å². The van der Waals surface area contributed by atoms with E-state index in [0.717, 1.165) is 0 Å². The molecule has 6 nitrogen and oxygen atoms in total. The van der Waals surface area contributed by atoms with Gasteiger partial charge in [-0.25, -0.2) is 18.1 Å². The molecule has 2 unspecified atom stereocenters. The Kier molecular flexibility index (Phi) is 4.61. The van der Waals surface area contributed by atoms with Crippen molar-refractivity contribution >= 4 is 26.5 Å². The average molecular weight is 277 g/mol. The third kappa shape index (κ3) is 4.06. The van der Waals surface area contributed by atoms with Gasteiger partial charge in [0.1, 0.15) is 0 Å². The average Bonchev–Trinajstić information content (AvgIpc) is 2.15. The van der Waals surface area contributed by atoms with E-state index in [0.29, 0.717) is 0 Å². The minimum atomic E-state index is -3.76. The number of aromatic nitrogens is 1. The number of pyridine rings is 1. The van der Waals surface area contributed by atoms with E-state index in [9.17, 15) is 12.6 Å². The molecule has 3 N–H and O–H groups in total. The lowest BCUT2D eigenvalue weighted by atomic mass is 10.4. The van der Waals surface area contributed by atoms with E-state index in [1.54, 1.807) is 13.0 Å². The van der Waals surface area contributed by atoms with Gasteiger partial charge in [-0.15, -0.1) is 0 Å². The molecule has 0 aliphatic rings. The van der Waals surface area contributed by atoms with E-state index in [1.165, 1.54) is 18.5 Å². The van der Waals surface area contributed by atoms with Crippen LogP contribution in [0.2, 0.25) is 0 Å². The summed E-state index contributed by atoms with van der Waals surface area (Å²) in [7, 11) is -4.83. The third-order valence-corrected chi connectivity index (χ3v) is 4.43. The molecule has 0 aliphatic heterocycles. The van der Waals surface area contributed by atoms with Crippen molar-refractivity contribution < 1.29 is 12.6 Å². The molecule has 0 bridgehead atoms. The van der Waals surface area contributed by atoms with Crippen LogP contribution in [-0.4, -0.2) is 35.7 Å². The summed E-state index contributed by atoms with van der Waals surface area (Å²) in [6.07, 6.45) is 2.87. The first-order valence-electron chi connectivity index (χ1n) is 4.86. The molecule has 17 heavy (non-hydrogen) atoms. The van der Waals surface area contributed by atoms with Gasteiger partial charge in [-0.2, -0.15) is 0 Å². The highest BCUT2D eigenvalue weighted by molar-refractivity contribution is 7.89. The second-order valence-electron chi connectivity index (χ2n) is 3.66. The van der Waals surface area contributed by atoms with Crippen molar-refractivity contribution in [1.29, 1.82) is 0 Å². The highest BCUT2D eigenvalue weighted by Crippen LogP contribution is 2.13. The van der Waals surface area contributed by atoms with Gasteiger partial charge in [0, 0.05) is 35.0 Å². The number of rotatable bonds is 5. The molecule has 0 saturated carbocycles. The number of nitrogen functional groups attached to an aromatic ring is 1. The van der Waals surface area contributed by atoms with Crippen LogP contribution in [0.15, 0.2) is 23.4 Å². The molecule has 0 spiro atoms. The van der Waals surface area contributed by atoms with Gasteiger partial charge in [0.2, 0.25) is 0 Å². The minimum Gasteiger partial charge on any atom is -0.396 e. The van der Waals surface area contributed by atoms with Gasteiger partial charge < -0.3 is 5.73 Å². The Morgan fingerprint density at radius 1 is 1.59 bits per heavy atom. The summed E-state index contributed by atoms with van der Waals surface area (Å²) in [6.45, 7) is 1.64. The molecule has 0 fully saturated rings. The third-order valence-electron chi connectivity index (χ3n) is 1.90. The number of hydrogen-bond donors (Lipinski definition) is 2. The first kappa shape index (κ1) is 14.1. The van der Waals surface area contributed by atoms with Crippen molar-refractivity contribution in [2.24, 2.45) is 0 Å². The van der Waals surface area contributed by atoms with E-state index in [2.05, 4.69) is 9.71 Å². The van der Waals surface area contributed by atoms with Crippen LogP contribution in [0, 0.1) is 0 Å². The first-order valence-corrected chi connectivity index (χ1v) is 8.07. The highest BCUT2D eigenvalue weighted by atomic mass is 32.2. The molecule has 1 aromatic rings. The Hall–Kier alpha value is -0.990. The summed E-state index contributed by atoms with van der Waals surface area (Å²) < 4.78 is 37.1. The lowest BCUT2D eigenvalue weighted by Crippen LogP contribution is -2.36. The van der Waals surface area contributed by atoms with Gasteiger partial charge in [-0.1, -0.05) is 0 Å². The van der Waals surface area contributed by atoms with Gasteiger partial charge in [0.15, 0.2) is 5.03 Å². The predicted molar refractivity (Wildman–Crippen MR) is 67.4 cm³/mol. The van der Waals surface area contributed by atoms with Crippen LogP contribution in [0.4, 0.5) is 5.69 Å². The fourth-order valence-electron chi connectivity index (χ4n) is 1.33. The Bertz CT molecular complexity index is 516. The van der Waals surface area contributed by atoms with Crippen molar-refractivity contribution in [1.82, 2.24) is 9.71 Å². The van der Waals surface area contributed by atoms with Crippen LogP contribution >= 0.6 is 0 Å². The molecule has 1 heterocycles. The molecular weight excluding hydrogens is 262 g/mol. The Balaban J connectivity index is 2.90. The normalized spacial score (nSPS) is 15.4. The Labute approximate surface area is 103 Å². The molecule has 0 saturated heterocycles. The fraction of sp³-hybridized carbons (Fsp3) is 0.444. The maximum atomic E-state index is 11.9. The van der Waals surface area contributed by atoms with Crippen molar-refractivity contribution in [3.8, 4) is 0 Å². The second-order valence-corrected chi connectivity index (χ2v) is 6.77.